The Hall–Kier alpha value is 0.760. The van der Waals surface area contributed by atoms with Gasteiger partial charge in [0.25, 0.3) is 0 Å². The van der Waals surface area contributed by atoms with Crippen LogP contribution in [0.3, 0.4) is 0 Å². The van der Waals surface area contributed by atoms with E-state index in [1.807, 2.05) is 0 Å². The first kappa shape index (κ1) is 17.2. The molecule has 1 unspecified atom stereocenters. The quantitative estimate of drug-likeness (QED) is 0.307. The van der Waals surface area contributed by atoms with E-state index in [1.54, 1.807) is 0 Å². The van der Waals surface area contributed by atoms with Gasteiger partial charge >= 0.3 is 29.6 Å². The number of alkyl halides is 1. The van der Waals surface area contributed by atoms with E-state index in [-0.39, 0.29) is 29.6 Å². The zero-order valence-electron chi connectivity index (χ0n) is 9.22. The minimum absolute atomic E-state index is 0. The van der Waals surface area contributed by atoms with E-state index < -0.39 is 11.3 Å². The number of halogens is 1. The summed E-state index contributed by atoms with van der Waals surface area (Å²) < 4.78 is 0. The van der Waals surface area contributed by atoms with Gasteiger partial charge in [-0.2, -0.15) is 0 Å². The van der Waals surface area contributed by atoms with Crippen LogP contribution in [0.25, 0.3) is 0 Å². The zero-order valence-corrected chi connectivity index (χ0v) is 12.0. The number of carboxylic acids is 1. The molecule has 4 heteroatoms. The van der Waals surface area contributed by atoms with Gasteiger partial charge in [-0.05, 0) is 6.42 Å². The number of carbonyl (C=O) groups excluding carboxylic acids is 1. The summed E-state index contributed by atoms with van der Waals surface area (Å²) in [5, 5.41) is 9.42. The van der Waals surface area contributed by atoms with Crippen molar-refractivity contribution in [3.63, 3.8) is 0 Å². The Balaban J connectivity index is 0. The molecular weight excluding hydrogens is 211 g/mol. The summed E-state index contributed by atoms with van der Waals surface area (Å²) in [6.45, 7) is 2.17. The van der Waals surface area contributed by atoms with E-state index in [9.17, 15) is 9.90 Å². The largest absolute Gasteiger partial charge is 1.00 e. The third-order valence-corrected chi connectivity index (χ3v) is 2.46. The first-order valence-corrected chi connectivity index (χ1v) is 5.47. The van der Waals surface area contributed by atoms with Crippen molar-refractivity contribution in [1.82, 2.24) is 0 Å². The predicted molar refractivity (Wildman–Crippen MR) is 52.6 cm³/mol. The predicted octanol–water partition coefficient (Wildman–Crippen LogP) is -0.902. The van der Waals surface area contributed by atoms with Crippen LogP contribution in [-0.2, 0) is 4.79 Å². The molecule has 0 aliphatic carbocycles. The van der Waals surface area contributed by atoms with Crippen molar-refractivity contribution < 1.29 is 39.5 Å². The van der Waals surface area contributed by atoms with E-state index >= 15 is 0 Å². The first-order valence-electron chi connectivity index (χ1n) is 5.03. The molecule has 0 radical (unpaired) electrons. The Morgan fingerprint density at radius 1 is 1.21 bits per heavy atom. The van der Waals surface area contributed by atoms with Crippen molar-refractivity contribution in [3.05, 3.63) is 0 Å². The van der Waals surface area contributed by atoms with Crippen molar-refractivity contribution in [2.45, 2.75) is 57.2 Å². The molecule has 2 nitrogen and oxygen atoms in total. The normalized spacial score (nSPS) is 11.9. The van der Waals surface area contributed by atoms with E-state index in [4.69, 9.17) is 11.6 Å². The number of aliphatic carboxylic acids is 1. The molecule has 0 aromatic carbocycles. The molecule has 14 heavy (non-hydrogen) atoms. The average Bonchev–Trinajstić information content (AvgIpc) is 2.10. The van der Waals surface area contributed by atoms with Gasteiger partial charge in [-0.1, -0.05) is 45.4 Å². The van der Waals surface area contributed by atoms with E-state index in [0.717, 1.165) is 12.8 Å². The average molecular weight is 229 g/mol. The summed E-state index contributed by atoms with van der Waals surface area (Å²) in [6, 6.07) is 0. The molecular formula is C10H18ClNaO2. The summed E-state index contributed by atoms with van der Waals surface area (Å²) in [5.41, 5.74) is 0. The molecule has 1 atom stereocenters. The smallest absolute Gasteiger partial charge is 0.549 e. The van der Waals surface area contributed by atoms with Crippen LogP contribution in [0.1, 0.15) is 51.9 Å². The van der Waals surface area contributed by atoms with Crippen LogP contribution in [0.5, 0.6) is 0 Å². The third-order valence-electron chi connectivity index (χ3n) is 2.07. The summed E-state index contributed by atoms with van der Waals surface area (Å²) >= 11 is 5.49. The van der Waals surface area contributed by atoms with Crippen LogP contribution >= 0.6 is 11.6 Å². The van der Waals surface area contributed by atoms with Crippen LogP contribution in [0, 0.1) is 0 Å². The maximum Gasteiger partial charge on any atom is 1.00 e. The molecule has 0 aromatic rings. The molecule has 0 aromatic heterocycles. The van der Waals surface area contributed by atoms with Gasteiger partial charge in [-0.3, -0.25) is 0 Å². The topological polar surface area (TPSA) is 40.1 Å². The minimum atomic E-state index is -1.14. The molecule has 0 N–H and O–H groups in total. The van der Waals surface area contributed by atoms with Gasteiger partial charge in [0.2, 0.25) is 0 Å². The molecule has 0 amide bonds. The second-order valence-corrected chi connectivity index (χ2v) is 3.87. The van der Waals surface area contributed by atoms with Gasteiger partial charge in [-0.15, -0.1) is 11.6 Å². The molecule has 0 rings (SSSR count). The second-order valence-electron chi connectivity index (χ2n) is 3.34. The molecule has 0 aliphatic heterocycles. The Bertz CT molecular complexity index is 142. The summed E-state index contributed by atoms with van der Waals surface area (Å²) in [5.74, 6) is -1.14. The van der Waals surface area contributed by atoms with Crippen molar-refractivity contribution in [2.75, 3.05) is 0 Å². The Morgan fingerprint density at radius 2 is 1.71 bits per heavy atom. The maximum absolute atomic E-state index is 10.2. The van der Waals surface area contributed by atoms with Crippen LogP contribution in [-0.4, -0.2) is 11.3 Å². The first-order chi connectivity index (χ1) is 6.18. The molecule has 0 heterocycles. The number of hydrogen-bond acceptors (Lipinski definition) is 2. The zero-order chi connectivity index (χ0) is 10.1. The van der Waals surface area contributed by atoms with Crippen molar-refractivity contribution in [3.8, 4) is 0 Å². The number of carboxylic acid groups (broad SMARTS) is 1. The molecule has 0 aliphatic rings. The number of hydrogen-bond donors (Lipinski definition) is 0. The van der Waals surface area contributed by atoms with Gasteiger partial charge in [0, 0.05) is 0 Å². The molecule has 0 spiro atoms. The molecule has 0 fully saturated rings. The van der Waals surface area contributed by atoms with Gasteiger partial charge < -0.3 is 9.90 Å². The van der Waals surface area contributed by atoms with Crippen LogP contribution in [0.2, 0.25) is 0 Å². The number of carbonyl (C=O) groups is 1. The molecule has 78 valence electrons. The van der Waals surface area contributed by atoms with Gasteiger partial charge in [0.1, 0.15) is 0 Å². The summed E-state index contributed by atoms with van der Waals surface area (Å²) in [4.78, 5) is 10.2. The van der Waals surface area contributed by atoms with Crippen LogP contribution < -0.4 is 34.7 Å². The van der Waals surface area contributed by atoms with Gasteiger partial charge in [-0.25, -0.2) is 0 Å². The molecule has 0 saturated heterocycles. The fraction of sp³-hybridized carbons (Fsp3) is 0.900. The Kier molecular flexibility index (Phi) is 14.5. The fourth-order valence-electron chi connectivity index (χ4n) is 1.22. The standard InChI is InChI=1S/C10H19ClO2.Na/c1-2-3-4-5-6-7-8-9(11)10(12)13;/h9H,2-8H2,1H3,(H,12,13);/q;+1/p-1. The van der Waals surface area contributed by atoms with Gasteiger partial charge in [0.05, 0.1) is 11.3 Å². The van der Waals surface area contributed by atoms with Crippen molar-refractivity contribution in [2.24, 2.45) is 0 Å². The SMILES string of the molecule is CCCCCCCCC(Cl)C(=O)[O-].[Na+]. The molecule has 0 bridgehead atoms. The van der Waals surface area contributed by atoms with Gasteiger partial charge in [0.15, 0.2) is 0 Å². The second kappa shape index (κ2) is 11.8. The Morgan fingerprint density at radius 3 is 2.21 bits per heavy atom. The maximum atomic E-state index is 10.2. The number of unbranched alkanes of at least 4 members (excludes halogenated alkanes) is 5. The third kappa shape index (κ3) is 10.8. The van der Waals surface area contributed by atoms with E-state index in [2.05, 4.69) is 6.92 Å². The summed E-state index contributed by atoms with van der Waals surface area (Å²) in [6.07, 6.45) is 7.44. The van der Waals surface area contributed by atoms with Crippen molar-refractivity contribution >= 4 is 17.6 Å². The summed E-state index contributed by atoms with van der Waals surface area (Å²) in [7, 11) is 0. The minimum Gasteiger partial charge on any atom is -0.549 e. The van der Waals surface area contributed by atoms with E-state index in [0.29, 0.717) is 6.42 Å². The van der Waals surface area contributed by atoms with Crippen molar-refractivity contribution in [1.29, 1.82) is 0 Å². The van der Waals surface area contributed by atoms with Crippen LogP contribution in [0.4, 0.5) is 0 Å². The number of rotatable bonds is 8. The monoisotopic (exact) mass is 228 g/mol. The molecule has 0 saturated carbocycles. The fourth-order valence-corrected chi connectivity index (χ4v) is 1.38. The van der Waals surface area contributed by atoms with E-state index in [1.165, 1.54) is 25.7 Å². The Labute approximate surface area is 114 Å². The van der Waals surface area contributed by atoms with Crippen LogP contribution in [0.15, 0.2) is 0 Å².